The average Bonchev–Trinajstić information content (AvgIpc) is 2.90. The van der Waals surface area contributed by atoms with Crippen LogP contribution in [0.3, 0.4) is 0 Å². The molecule has 1 atom stereocenters. The zero-order chi connectivity index (χ0) is 20.6. The number of ether oxygens (including phenoxy) is 1. The van der Waals surface area contributed by atoms with Crippen molar-refractivity contribution in [2.24, 2.45) is 0 Å². The Morgan fingerprint density at radius 3 is 2.33 bits per heavy atom. The van der Waals surface area contributed by atoms with E-state index in [9.17, 15) is 22.4 Å². The lowest BCUT2D eigenvalue weighted by atomic mass is 10.2. The maximum absolute atomic E-state index is 13.9. The van der Waals surface area contributed by atoms with Crippen LogP contribution in [0.15, 0.2) is 18.5 Å². The van der Waals surface area contributed by atoms with Crippen molar-refractivity contribution in [3.63, 3.8) is 0 Å². The van der Waals surface area contributed by atoms with Crippen molar-refractivity contribution in [1.29, 1.82) is 0 Å². The molecule has 1 N–H and O–H groups in total. The van der Waals surface area contributed by atoms with Gasteiger partial charge in [-0.2, -0.15) is 22.7 Å². The minimum Gasteiger partial charge on any atom is -0.438 e. The lowest BCUT2D eigenvalue weighted by molar-refractivity contribution is -0.137. The van der Waals surface area contributed by atoms with Gasteiger partial charge in [0.15, 0.2) is 0 Å². The van der Waals surface area contributed by atoms with Crippen LogP contribution in [0, 0.1) is 6.92 Å². The third-order valence-corrected chi connectivity index (χ3v) is 4.90. The maximum Gasteiger partial charge on any atom is 0.417 e. The predicted molar refractivity (Wildman–Crippen MR) is 93.5 cm³/mol. The monoisotopic (exact) mass is 465 g/mol. The van der Waals surface area contributed by atoms with Crippen LogP contribution in [0.1, 0.15) is 34.2 Å². The number of aromatic amines is 1. The third kappa shape index (κ3) is 5.40. The van der Waals surface area contributed by atoms with Crippen LogP contribution >= 0.6 is 46.6 Å². The minimum atomic E-state index is -4.70. The van der Waals surface area contributed by atoms with Crippen molar-refractivity contribution in [3.8, 4) is 0 Å². The molecule has 0 fully saturated rings. The van der Waals surface area contributed by atoms with Crippen molar-refractivity contribution in [1.82, 2.24) is 15.2 Å². The van der Waals surface area contributed by atoms with Gasteiger partial charge in [0.05, 0.1) is 16.8 Å². The number of aryl methyl sites for hydroxylation is 1. The number of aromatic nitrogens is 3. The van der Waals surface area contributed by atoms with Crippen molar-refractivity contribution in [2.45, 2.75) is 28.9 Å². The van der Waals surface area contributed by atoms with Gasteiger partial charge >= 0.3 is 16.1 Å². The molecule has 0 aliphatic carbocycles. The molecule has 0 saturated carbocycles. The van der Waals surface area contributed by atoms with Gasteiger partial charge in [-0.25, -0.2) is 4.79 Å². The molecule has 0 saturated heterocycles. The summed E-state index contributed by atoms with van der Waals surface area (Å²) in [4.78, 5) is 13.9. The number of hydrogen-bond acceptors (Lipinski definition) is 5. The van der Waals surface area contributed by atoms with Crippen LogP contribution in [0.25, 0.3) is 0 Å². The first-order chi connectivity index (χ1) is 12.2. The number of carbonyl (C=O) groups is 1. The van der Waals surface area contributed by atoms with E-state index >= 15 is 0 Å². The van der Waals surface area contributed by atoms with Gasteiger partial charge in [-0.3, -0.25) is 10.1 Å². The number of pyridine rings is 1. The van der Waals surface area contributed by atoms with E-state index in [1.807, 2.05) is 0 Å². The van der Waals surface area contributed by atoms with Gasteiger partial charge in [-0.15, -0.1) is 0 Å². The van der Waals surface area contributed by atoms with Crippen LogP contribution < -0.4 is 0 Å². The van der Waals surface area contributed by atoms with E-state index in [0.29, 0.717) is 18.0 Å². The number of nitrogens with one attached hydrogen (secondary N) is 1. The summed E-state index contributed by atoms with van der Waals surface area (Å²) in [5, 5.41) is 5.64. The molecule has 13 heteroatoms. The Balaban J connectivity index is 2.48. The third-order valence-electron chi connectivity index (χ3n) is 3.25. The highest BCUT2D eigenvalue weighted by Gasteiger charge is 2.45. The van der Waals surface area contributed by atoms with Gasteiger partial charge in [0.2, 0.25) is 4.93 Å². The lowest BCUT2D eigenvalue weighted by Gasteiger charge is -2.31. The average molecular weight is 467 g/mol. The van der Waals surface area contributed by atoms with E-state index in [1.54, 1.807) is 0 Å². The summed E-state index contributed by atoms with van der Waals surface area (Å²) in [5.74, 6) is -0.966. The first-order valence-electron chi connectivity index (χ1n) is 6.96. The Labute approximate surface area is 169 Å². The van der Waals surface area contributed by atoms with E-state index in [-0.39, 0.29) is 23.0 Å². The SMILES string of the molecule is Cc1[nH]ncc1C(=O)OC(C)(SC(F)(Cl)Cl)c1ncc(C(F)(F)F)cc1Cl. The molecule has 2 aromatic rings. The van der Waals surface area contributed by atoms with Gasteiger partial charge in [0, 0.05) is 11.9 Å². The Morgan fingerprint density at radius 2 is 1.89 bits per heavy atom. The van der Waals surface area contributed by atoms with E-state index < -0.39 is 31.6 Å². The van der Waals surface area contributed by atoms with Crippen LogP contribution in [-0.4, -0.2) is 25.1 Å². The molecule has 2 aromatic heterocycles. The fourth-order valence-electron chi connectivity index (χ4n) is 2.05. The number of hydrogen-bond donors (Lipinski definition) is 1. The van der Waals surface area contributed by atoms with Crippen LogP contribution in [-0.2, 0) is 15.8 Å². The van der Waals surface area contributed by atoms with Gasteiger partial charge in [0.25, 0.3) is 0 Å². The standard InChI is InChI=1S/C14H10Cl3F4N3O2S/c1-6-8(5-23-24-6)11(25)26-12(2,27-14(16,17)21)10-9(15)3-7(4-22-10)13(18,19)20/h3-5H,1-2H3,(H,23,24). The first kappa shape index (κ1) is 22.1. The number of H-pyrrole nitrogens is 1. The molecule has 148 valence electrons. The fraction of sp³-hybridized carbons (Fsp3) is 0.357. The van der Waals surface area contributed by atoms with Crippen molar-refractivity contribution >= 4 is 52.5 Å². The molecule has 2 heterocycles. The summed E-state index contributed by atoms with van der Waals surface area (Å²) in [7, 11) is 0. The second kappa shape index (κ2) is 7.65. The van der Waals surface area contributed by atoms with Crippen LogP contribution in [0.2, 0.25) is 5.02 Å². The van der Waals surface area contributed by atoms with E-state index in [0.717, 1.165) is 13.1 Å². The van der Waals surface area contributed by atoms with Crippen LogP contribution in [0.4, 0.5) is 17.6 Å². The highest BCUT2D eigenvalue weighted by atomic mass is 35.5. The zero-order valence-electron chi connectivity index (χ0n) is 13.5. The van der Waals surface area contributed by atoms with Crippen LogP contribution in [0.5, 0.6) is 0 Å². The molecule has 0 bridgehead atoms. The van der Waals surface area contributed by atoms with Gasteiger partial charge in [-0.05, 0) is 31.7 Å². The molecule has 0 amide bonds. The summed E-state index contributed by atoms with van der Waals surface area (Å²) in [6, 6.07) is 0.571. The van der Waals surface area contributed by atoms with E-state index in [4.69, 9.17) is 39.5 Å². The molecule has 27 heavy (non-hydrogen) atoms. The predicted octanol–water partition coefficient (Wildman–Crippen LogP) is 5.61. The molecule has 0 spiro atoms. The first-order valence-corrected chi connectivity index (χ1v) is 8.91. The number of rotatable bonds is 5. The summed E-state index contributed by atoms with van der Waals surface area (Å²) >= 11 is 16.7. The summed E-state index contributed by atoms with van der Waals surface area (Å²) < 4.78 is 54.6. The molecule has 2 rings (SSSR count). The molecular weight excluding hydrogens is 457 g/mol. The zero-order valence-corrected chi connectivity index (χ0v) is 16.6. The Morgan fingerprint density at radius 1 is 1.26 bits per heavy atom. The number of halogens is 7. The Bertz CT molecular complexity index is 857. The van der Waals surface area contributed by atoms with E-state index in [2.05, 4.69) is 15.2 Å². The van der Waals surface area contributed by atoms with Gasteiger partial charge < -0.3 is 4.74 Å². The topological polar surface area (TPSA) is 67.9 Å². The van der Waals surface area contributed by atoms with Gasteiger partial charge in [-0.1, -0.05) is 34.8 Å². The second-order valence-electron chi connectivity index (χ2n) is 5.34. The van der Waals surface area contributed by atoms with Crippen molar-refractivity contribution in [3.05, 3.63) is 46.0 Å². The number of carbonyl (C=O) groups excluding carboxylic acids is 1. The van der Waals surface area contributed by atoms with Crippen molar-refractivity contribution < 1.29 is 27.1 Å². The molecule has 0 aromatic carbocycles. The highest BCUT2D eigenvalue weighted by Crippen LogP contribution is 2.51. The summed E-state index contributed by atoms with van der Waals surface area (Å²) in [5.41, 5.74) is -1.15. The number of thioether (sulfide) groups is 1. The lowest BCUT2D eigenvalue weighted by Crippen LogP contribution is -2.30. The molecule has 0 aliphatic rings. The number of alkyl halides is 6. The van der Waals surface area contributed by atoms with E-state index in [1.165, 1.54) is 6.92 Å². The normalized spacial score (nSPS) is 14.7. The van der Waals surface area contributed by atoms with Gasteiger partial charge in [0.1, 0.15) is 11.3 Å². The van der Waals surface area contributed by atoms with Crippen molar-refractivity contribution in [2.75, 3.05) is 0 Å². The fourth-order valence-corrected chi connectivity index (χ4v) is 4.16. The molecular formula is C14H10Cl3F4N3O2S. The minimum absolute atomic E-state index is 0.0125. The molecule has 0 radical (unpaired) electrons. The summed E-state index contributed by atoms with van der Waals surface area (Å²) in [6.07, 6.45) is -3.07. The number of esters is 1. The smallest absolute Gasteiger partial charge is 0.417 e. The summed E-state index contributed by atoms with van der Waals surface area (Å²) in [6.45, 7) is 2.67. The largest absolute Gasteiger partial charge is 0.438 e. The Hall–Kier alpha value is -1.23. The number of nitrogens with zero attached hydrogens (tertiary/aromatic N) is 2. The second-order valence-corrected chi connectivity index (χ2v) is 8.98. The highest BCUT2D eigenvalue weighted by molar-refractivity contribution is 8.03. The molecule has 1 unspecified atom stereocenters. The molecule has 0 aliphatic heterocycles. The molecule has 5 nitrogen and oxygen atoms in total. The Kier molecular flexibility index (Phi) is 6.25. The maximum atomic E-state index is 13.9. The quantitative estimate of drug-likeness (QED) is 0.269.